The number of cyclic esters (lactones) is 1. The summed E-state index contributed by atoms with van der Waals surface area (Å²) in [6.45, 7) is 7.84. The molecule has 176 valence electrons. The van der Waals surface area contributed by atoms with Crippen LogP contribution in [0, 0.1) is 24.7 Å². The van der Waals surface area contributed by atoms with E-state index in [1.807, 2.05) is 33.8 Å². The number of aliphatic hydroxyl groups is 1. The monoisotopic (exact) mass is 454 g/mol. The van der Waals surface area contributed by atoms with Crippen molar-refractivity contribution in [2.75, 3.05) is 7.11 Å². The number of carbonyl (C=O) groups is 2. The Morgan fingerprint density at radius 2 is 2.00 bits per heavy atom. The van der Waals surface area contributed by atoms with Crippen molar-refractivity contribution in [3.8, 4) is 23.0 Å². The molecule has 0 saturated heterocycles. The van der Waals surface area contributed by atoms with Crippen LogP contribution in [-0.2, 0) is 16.1 Å². The second kappa shape index (κ2) is 9.06. The zero-order chi connectivity index (χ0) is 23.9. The number of rotatable bonds is 6. The number of hydrogen-bond acceptors (Lipinski definition) is 7. The second-order valence-corrected chi connectivity index (χ2v) is 9.38. The van der Waals surface area contributed by atoms with E-state index in [9.17, 15) is 14.7 Å². The first-order valence-electron chi connectivity index (χ1n) is 11.3. The SMILES string of the molecule is COc1c([C@@H](O)CC(C)C)ccc2c1C(=O)OCc1cc(C)cc(OC(=O)C3CC3C)c1O2. The lowest BCUT2D eigenvalue weighted by molar-refractivity contribution is -0.136. The highest BCUT2D eigenvalue weighted by atomic mass is 16.6. The first kappa shape index (κ1) is 23.1. The van der Waals surface area contributed by atoms with E-state index < -0.39 is 12.1 Å². The fourth-order valence-corrected chi connectivity index (χ4v) is 4.19. The van der Waals surface area contributed by atoms with Crippen LogP contribution in [0.25, 0.3) is 0 Å². The molecule has 2 aliphatic rings. The van der Waals surface area contributed by atoms with Crippen molar-refractivity contribution in [1.29, 1.82) is 0 Å². The van der Waals surface area contributed by atoms with Crippen LogP contribution >= 0.6 is 0 Å². The molecule has 2 unspecified atom stereocenters. The van der Waals surface area contributed by atoms with Gasteiger partial charge in [-0.15, -0.1) is 0 Å². The minimum atomic E-state index is -0.810. The molecule has 2 aromatic rings. The van der Waals surface area contributed by atoms with Crippen molar-refractivity contribution >= 4 is 11.9 Å². The molecule has 1 saturated carbocycles. The van der Waals surface area contributed by atoms with Gasteiger partial charge in [-0.25, -0.2) is 4.79 Å². The van der Waals surface area contributed by atoms with Gasteiger partial charge in [-0.1, -0.05) is 20.8 Å². The molecule has 1 fully saturated rings. The average molecular weight is 455 g/mol. The third-order valence-electron chi connectivity index (χ3n) is 6.08. The molecule has 3 atom stereocenters. The molecule has 0 bridgehead atoms. The molecule has 0 radical (unpaired) electrons. The molecule has 1 N–H and O–H groups in total. The fraction of sp³-hybridized carbons (Fsp3) is 0.462. The molecule has 1 aliphatic heterocycles. The molecular weight excluding hydrogens is 424 g/mol. The number of benzene rings is 2. The summed E-state index contributed by atoms with van der Waals surface area (Å²) in [5.74, 6) is 0.592. The van der Waals surface area contributed by atoms with E-state index in [0.29, 0.717) is 35.0 Å². The lowest BCUT2D eigenvalue weighted by atomic mass is 9.96. The first-order valence-corrected chi connectivity index (χ1v) is 11.3. The Labute approximate surface area is 193 Å². The van der Waals surface area contributed by atoms with E-state index in [4.69, 9.17) is 18.9 Å². The number of esters is 2. The molecule has 0 spiro atoms. The zero-order valence-electron chi connectivity index (χ0n) is 19.6. The average Bonchev–Trinajstić information content (AvgIpc) is 3.48. The van der Waals surface area contributed by atoms with Crippen molar-refractivity contribution < 1.29 is 33.6 Å². The molecule has 1 heterocycles. The van der Waals surface area contributed by atoms with Crippen molar-refractivity contribution in [2.45, 2.75) is 53.2 Å². The Morgan fingerprint density at radius 1 is 1.27 bits per heavy atom. The van der Waals surface area contributed by atoms with Gasteiger partial charge in [0.25, 0.3) is 0 Å². The van der Waals surface area contributed by atoms with Crippen LogP contribution in [0.2, 0.25) is 0 Å². The Morgan fingerprint density at radius 3 is 2.64 bits per heavy atom. The van der Waals surface area contributed by atoms with E-state index in [-0.39, 0.29) is 41.5 Å². The Kier molecular flexibility index (Phi) is 6.34. The lowest BCUT2D eigenvalue weighted by Crippen LogP contribution is -2.16. The van der Waals surface area contributed by atoms with Gasteiger partial charge >= 0.3 is 11.9 Å². The van der Waals surface area contributed by atoms with E-state index in [1.165, 1.54) is 7.11 Å². The first-order chi connectivity index (χ1) is 15.7. The van der Waals surface area contributed by atoms with E-state index in [1.54, 1.807) is 18.2 Å². The van der Waals surface area contributed by atoms with Gasteiger partial charge in [0.2, 0.25) is 0 Å². The summed E-state index contributed by atoms with van der Waals surface area (Å²) >= 11 is 0. The Hall–Kier alpha value is -3.06. The minimum absolute atomic E-state index is 0.0540. The maximum absolute atomic E-state index is 13.0. The fourth-order valence-electron chi connectivity index (χ4n) is 4.19. The van der Waals surface area contributed by atoms with Crippen LogP contribution in [0.15, 0.2) is 24.3 Å². The van der Waals surface area contributed by atoms with Crippen LogP contribution in [0.3, 0.4) is 0 Å². The van der Waals surface area contributed by atoms with Crippen LogP contribution in [0.4, 0.5) is 0 Å². The summed E-state index contributed by atoms with van der Waals surface area (Å²) in [6, 6.07) is 6.88. The van der Waals surface area contributed by atoms with Crippen LogP contribution in [0.5, 0.6) is 23.0 Å². The summed E-state index contributed by atoms with van der Waals surface area (Å²) in [5.41, 5.74) is 2.04. The number of aryl methyl sites for hydroxylation is 1. The molecule has 0 amide bonds. The highest BCUT2D eigenvalue weighted by molar-refractivity contribution is 5.96. The van der Waals surface area contributed by atoms with Gasteiger partial charge in [-0.2, -0.15) is 0 Å². The van der Waals surface area contributed by atoms with E-state index in [0.717, 1.165) is 12.0 Å². The number of fused-ring (bicyclic) bond motifs is 2. The quantitative estimate of drug-likeness (QED) is 0.479. The van der Waals surface area contributed by atoms with Crippen molar-refractivity contribution in [3.63, 3.8) is 0 Å². The number of ether oxygens (including phenoxy) is 4. The smallest absolute Gasteiger partial charge is 0.346 e. The van der Waals surface area contributed by atoms with E-state index >= 15 is 0 Å². The number of carbonyl (C=O) groups excluding carboxylic acids is 2. The highest BCUT2D eigenvalue weighted by Crippen LogP contribution is 2.46. The van der Waals surface area contributed by atoms with Crippen molar-refractivity contribution in [2.24, 2.45) is 17.8 Å². The number of aliphatic hydroxyl groups excluding tert-OH is 1. The molecule has 2 aromatic carbocycles. The molecular formula is C26H30O7. The summed E-state index contributed by atoms with van der Waals surface area (Å²) in [6.07, 6.45) is 0.509. The summed E-state index contributed by atoms with van der Waals surface area (Å²) in [7, 11) is 1.44. The van der Waals surface area contributed by atoms with Crippen molar-refractivity contribution in [3.05, 3.63) is 46.5 Å². The normalized spacial score (nSPS) is 19.9. The standard InChI is InChI=1S/C26H30O7/c1-13(2)8-19(27)17-6-7-20-22(24(17)30-5)26(29)31-12-16-9-14(3)10-21(23(16)32-20)33-25(28)18-11-15(18)4/h6-7,9-10,13,15,18-19,27H,8,11-12H2,1-5H3/t15?,18?,19-/m0/s1. The topological polar surface area (TPSA) is 91.3 Å². The Bertz CT molecular complexity index is 1090. The highest BCUT2D eigenvalue weighted by Gasteiger charge is 2.41. The molecule has 4 rings (SSSR count). The summed E-state index contributed by atoms with van der Waals surface area (Å²) in [5, 5.41) is 10.7. The second-order valence-electron chi connectivity index (χ2n) is 9.38. The lowest BCUT2D eigenvalue weighted by Gasteiger charge is -2.24. The number of methoxy groups -OCH3 is 1. The molecule has 33 heavy (non-hydrogen) atoms. The maximum Gasteiger partial charge on any atom is 0.346 e. The van der Waals surface area contributed by atoms with Gasteiger partial charge in [0.05, 0.1) is 19.1 Å². The molecule has 7 nitrogen and oxygen atoms in total. The van der Waals surface area contributed by atoms with Gasteiger partial charge < -0.3 is 24.1 Å². The molecule has 1 aliphatic carbocycles. The third kappa shape index (κ3) is 4.69. The third-order valence-corrected chi connectivity index (χ3v) is 6.08. The maximum atomic E-state index is 13.0. The predicted molar refractivity (Wildman–Crippen MR) is 121 cm³/mol. The Balaban J connectivity index is 1.77. The van der Waals surface area contributed by atoms with Crippen LogP contribution < -0.4 is 14.2 Å². The van der Waals surface area contributed by atoms with Gasteiger partial charge in [0, 0.05) is 11.1 Å². The predicted octanol–water partition coefficient (Wildman–Crippen LogP) is 5.11. The molecule has 0 aromatic heterocycles. The van der Waals surface area contributed by atoms with Gasteiger partial charge in [0.15, 0.2) is 11.5 Å². The van der Waals surface area contributed by atoms with Gasteiger partial charge in [-0.3, -0.25) is 4.79 Å². The molecule has 7 heteroatoms. The largest absolute Gasteiger partial charge is 0.495 e. The van der Waals surface area contributed by atoms with Crippen LogP contribution in [0.1, 0.15) is 66.8 Å². The van der Waals surface area contributed by atoms with Crippen molar-refractivity contribution in [1.82, 2.24) is 0 Å². The van der Waals surface area contributed by atoms with Gasteiger partial charge in [0.1, 0.15) is 23.7 Å². The van der Waals surface area contributed by atoms with Gasteiger partial charge in [-0.05, 0) is 61.4 Å². The minimum Gasteiger partial charge on any atom is -0.495 e. The van der Waals surface area contributed by atoms with Crippen LogP contribution in [-0.4, -0.2) is 24.2 Å². The number of hydrogen-bond donors (Lipinski definition) is 1. The summed E-state index contributed by atoms with van der Waals surface area (Å²) < 4.78 is 23.0. The van der Waals surface area contributed by atoms with E-state index in [2.05, 4.69) is 0 Å². The summed E-state index contributed by atoms with van der Waals surface area (Å²) in [4.78, 5) is 25.5. The zero-order valence-corrected chi connectivity index (χ0v) is 19.6.